The number of rotatable bonds is 4. The van der Waals surface area contributed by atoms with E-state index in [0.717, 1.165) is 12.8 Å². The monoisotopic (exact) mass is 369 g/mol. The predicted molar refractivity (Wildman–Crippen MR) is 80.8 cm³/mol. The van der Waals surface area contributed by atoms with Crippen LogP contribution in [0, 0.1) is 0 Å². The normalized spacial score (nSPS) is 17.9. The Hall–Kier alpha value is -1.96. The van der Waals surface area contributed by atoms with Gasteiger partial charge in [0.2, 0.25) is 5.91 Å². The largest absolute Gasteiger partial charge is 0.452 e. The standard InChI is InChI=1S/C14H16BrN3O4/c15-10-5-9(6-17-7-10)14(21)22-8-12(19)18-4-2-1-3-11(18)13(16)20/h5-7,11H,1-4,8H2,(H2,16,20)/t11-/m0/s1. The lowest BCUT2D eigenvalue weighted by Crippen LogP contribution is -2.51. The first-order valence-corrected chi connectivity index (χ1v) is 7.65. The fraction of sp³-hybridized carbons (Fsp3) is 0.429. The number of primary amides is 1. The van der Waals surface area contributed by atoms with Crippen molar-refractivity contribution in [3.63, 3.8) is 0 Å². The molecule has 2 rings (SSSR count). The van der Waals surface area contributed by atoms with Crippen LogP contribution in [0.3, 0.4) is 0 Å². The lowest BCUT2D eigenvalue weighted by molar-refractivity contribution is -0.143. The predicted octanol–water partition coefficient (Wildman–Crippen LogP) is 0.867. The summed E-state index contributed by atoms with van der Waals surface area (Å²) < 4.78 is 5.62. The van der Waals surface area contributed by atoms with Gasteiger partial charge in [0, 0.05) is 23.4 Å². The van der Waals surface area contributed by atoms with E-state index in [0.29, 0.717) is 17.4 Å². The maximum atomic E-state index is 12.1. The van der Waals surface area contributed by atoms with Gasteiger partial charge in [-0.15, -0.1) is 0 Å². The Morgan fingerprint density at radius 1 is 1.36 bits per heavy atom. The SMILES string of the molecule is NC(=O)[C@@H]1CCCCN1C(=O)COC(=O)c1cncc(Br)c1. The molecule has 8 heteroatoms. The molecule has 0 radical (unpaired) electrons. The Kier molecular flexibility index (Phi) is 5.48. The van der Waals surface area contributed by atoms with E-state index in [-0.39, 0.29) is 5.56 Å². The third-order valence-electron chi connectivity index (χ3n) is 3.42. The minimum absolute atomic E-state index is 0.243. The van der Waals surface area contributed by atoms with Gasteiger partial charge in [-0.3, -0.25) is 14.6 Å². The van der Waals surface area contributed by atoms with Gasteiger partial charge in [0.05, 0.1) is 5.56 Å². The van der Waals surface area contributed by atoms with Gasteiger partial charge in [-0.25, -0.2) is 4.79 Å². The summed E-state index contributed by atoms with van der Waals surface area (Å²) >= 11 is 3.20. The number of nitrogens with two attached hydrogens (primary N) is 1. The van der Waals surface area contributed by atoms with E-state index in [1.54, 1.807) is 6.07 Å². The van der Waals surface area contributed by atoms with Crippen molar-refractivity contribution in [1.82, 2.24) is 9.88 Å². The van der Waals surface area contributed by atoms with Gasteiger partial charge in [0.25, 0.3) is 5.91 Å². The van der Waals surface area contributed by atoms with Gasteiger partial charge in [-0.05, 0) is 41.3 Å². The third-order valence-corrected chi connectivity index (χ3v) is 3.85. The van der Waals surface area contributed by atoms with E-state index in [9.17, 15) is 14.4 Å². The Bertz CT molecular complexity index is 593. The minimum atomic E-state index is -0.644. The Balaban J connectivity index is 1.94. The number of likely N-dealkylation sites (tertiary alicyclic amines) is 1. The van der Waals surface area contributed by atoms with Gasteiger partial charge >= 0.3 is 5.97 Å². The van der Waals surface area contributed by atoms with E-state index < -0.39 is 30.4 Å². The highest BCUT2D eigenvalue weighted by Gasteiger charge is 2.31. The van der Waals surface area contributed by atoms with Crippen LogP contribution in [0.1, 0.15) is 29.6 Å². The smallest absolute Gasteiger partial charge is 0.340 e. The second-order valence-electron chi connectivity index (χ2n) is 4.97. The molecular formula is C14H16BrN3O4. The zero-order valence-corrected chi connectivity index (χ0v) is 13.4. The summed E-state index contributed by atoms with van der Waals surface area (Å²) in [7, 11) is 0. The van der Waals surface area contributed by atoms with Crippen LogP contribution in [-0.2, 0) is 14.3 Å². The van der Waals surface area contributed by atoms with Crippen LogP contribution in [0.15, 0.2) is 22.9 Å². The molecule has 7 nitrogen and oxygen atoms in total. The second-order valence-corrected chi connectivity index (χ2v) is 5.88. The Morgan fingerprint density at radius 2 is 2.14 bits per heavy atom. The van der Waals surface area contributed by atoms with Crippen molar-refractivity contribution in [2.45, 2.75) is 25.3 Å². The molecule has 0 unspecified atom stereocenters. The molecule has 1 aromatic heterocycles. The molecule has 0 saturated carbocycles. The van der Waals surface area contributed by atoms with E-state index >= 15 is 0 Å². The molecule has 1 aromatic rings. The summed E-state index contributed by atoms with van der Waals surface area (Å²) in [6.07, 6.45) is 5.09. The number of carbonyl (C=O) groups is 3. The van der Waals surface area contributed by atoms with E-state index in [1.165, 1.54) is 17.3 Å². The number of pyridine rings is 1. The van der Waals surface area contributed by atoms with Crippen LogP contribution in [0.5, 0.6) is 0 Å². The average Bonchev–Trinajstić information content (AvgIpc) is 2.52. The van der Waals surface area contributed by atoms with Gasteiger partial charge in [-0.2, -0.15) is 0 Å². The summed E-state index contributed by atoms with van der Waals surface area (Å²) in [6.45, 7) is 0.0254. The van der Waals surface area contributed by atoms with Crippen molar-refractivity contribution in [2.24, 2.45) is 5.73 Å². The molecule has 1 fully saturated rings. The van der Waals surface area contributed by atoms with Crippen LogP contribution < -0.4 is 5.73 Å². The first-order valence-electron chi connectivity index (χ1n) is 6.85. The van der Waals surface area contributed by atoms with Crippen LogP contribution in [0.4, 0.5) is 0 Å². The number of aromatic nitrogens is 1. The van der Waals surface area contributed by atoms with E-state index in [4.69, 9.17) is 10.5 Å². The lowest BCUT2D eigenvalue weighted by atomic mass is 10.0. The van der Waals surface area contributed by atoms with Crippen molar-refractivity contribution in [1.29, 1.82) is 0 Å². The number of esters is 1. The number of hydrogen-bond acceptors (Lipinski definition) is 5. The topological polar surface area (TPSA) is 103 Å². The molecule has 0 spiro atoms. The number of halogens is 1. The summed E-state index contributed by atoms with van der Waals surface area (Å²) in [5.41, 5.74) is 5.55. The number of hydrogen-bond donors (Lipinski definition) is 1. The fourth-order valence-electron chi connectivity index (χ4n) is 2.34. The number of carbonyl (C=O) groups excluding carboxylic acids is 3. The molecule has 1 atom stereocenters. The number of piperidine rings is 1. The minimum Gasteiger partial charge on any atom is -0.452 e. The molecule has 2 heterocycles. The van der Waals surface area contributed by atoms with Crippen molar-refractivity contribution < 1.29 is 19.1 Å². The quantitative estimate of drug-likeness (QED) is 0.793. The number of amides is 2. The molecule has 2 N–H and O–H groups in total. The first kappa shape index (κ1) is 16.4. The molecule has 0 aromatic carbocycles. The Morgan fingerprint density at radius 3 is 2.82 bits per heavy atom. The molecule has 22 heavy (non-hydrogen) atoms. The summed E-state index contributed by atoms with van der Waals surface area (Å²) in [5.74, 6) is -1.59. The van der Waals surface area contributed by atoms with Crippen LogP contribution in [0.25, 0.3) is 0 Å². The first-order chi connectivity index (χ1) is 10.5. The zero-order valence-electron chi connectivity index (χ0n) is 11.8. The number of nitrogens with zero attached hydrogens (tertiary/aromatic N) is 2. The fourth-order valence-corrected chi connectivity index (χ4v) is 2.71. The number of ether oxygens (including phenoxy) is 1. The zero-order chi connectivity index (χ0) is 16.1. The maximum Gasteiger partial charge on any atom is 0.340 e. The van der Waals surface area contributed by atoms with Crippen LogP contribution in [-0.4, -0.2) is 46.9 Å². The maximum absolute atomic E-state index is 12.1. The molecule has 118 valence electrons. The van der Waals surface area contributed by atoms with Crippen molar-refractivity contribution in [3.8, 4) is 0 Å². The molecule has 1 saturated heterocycles. The van der Waals surface area contributed by atoms with Gasteiger partial charge in [-0.1, -0.05) is 0 Å². The van der Waals surface area contributed by atoms with Crippen LogP contribution >= 0.6 is 15.9 Å². The van der Waals surface area contributed by atoms with Crippen molar-refractivity contribution in [2.75, 3.05) is 13.2 Å². The third kappa shape index (κ3) is 4.03. The molecule has 2 amide bonds. The highest BCUT2D eigenvalue weighted by Crippen LogP contribution is 2.17. The van der Waals surface area contributed by atoms with Gasteiger partial charge < -0.3 is 15.4 Å². The Labute approximate surface area is 135 Å². The second kappa shape index (κ2) is 7.35. The molecule has 1 aliphatic heterocycles. The highest BCUT2D eigenvalue weighted by molar-refractivity contribution is 9.10. The van der Waals surface area contributed by atoms with E-state index in [2.05, 4.69) is 20.9 Å². The van der Waals surface area contributed by atoms with Crippen molar-refractivity contribution >= 4 is 33.7 Å². The average molecular weight is 370 g/mol. The van der Waals surface area contributed by atoms with Gasteiger partial charge in [0.1, 0.15) is 6.04 Å². The lowest BCUT2D eigenvalue weighted by Gasteiger charge is -2.33. The van der Waals surface area contributed by atoms with Gasteiger partial charge in [0.15, 0.2) is 6.61 Å². The summed E-state index contributed by atoms with van der Waals surface area (Å²) in [5, 5.41) is 0. The molecular weight excluding hydrogens is 354 g/mol. The molecule has 0 aliphatic carbocycles. The summed E-state index contributed by atoms with van der Waals surface area (Å²) in [4.78, 5) is 40.6. The van der Waals surface area contributed by atoms with Crippen LogP contribution in [0.2, 0.25) is 0 Å². The highest BCUT2D eigenvalue weighted by atomic mass is 79.9. The molecule has 1 aliphatic rings. The molecule has 0 bridgehead atoms. The summed E-state index contributed by atoms with van der Waals surface area (Å²) in [6, 6.07) is 0.930. The van der Waals surface area contributed by atoms with Crippen molar-refractivity contribution in [3.05, 3.63) is 28.5 Å². The van der Waals surface area contributed by atoms with E-state index in [1.807, 2.05) is 0 Å².